The number of piperidine rings is 1. The van der Waals surface area contributed by atoms with Crippen molar-refractivity contribution < 1.29 is 25.3 Å². The molecule has 0 bridgehead atoms. The van der Waals surface area contributed by atoms with Gasteiger partial charge in [-0.3, -0.25) is 15.0 Å². The molecule has 182 valence electrons. The number of aliphatic hydroxyl groups excluding tert-OH is 4. The smallest absolute Gasteiger partial charge is 0.292 e. The Kier molecular flexibility index (Phi) is 8.77. The van der Waals surface area contributed by atoms with Crippen molar-refractivity contribution in [3.63, 3.8) is 0 Å². The SMILES string of the molecule is [N-]=[N+]=Nc1ccc(NCCc2ccc(CCN3C[C@H](O)[C@@H](O)[C@H](O)[C@H]3CO)cc2)c([N+](=O)[O-])c1. The first-order chi connectivity index (χ1) is 16.3. The molecular formula is C22H28N6O6. The van der Waals surface area contributed by atoms with Crippen molar-refractivity contribution in [3.05, 3.63) is 74.1 Å². The number of nitro groups is 1. The Morgan fingerprint density at radius 1 is 1.12 bits per heavy atom. The zero-order chi connectivity index (χ0) is 24.7. The number of β-amino-alcohol motifs (C(OH)–C–C–N with tert-alkyl or cyclic N) is 1. The molecule has 0 unspecified atom stereocenters. The summed E-state index contributed by atoms with van der Waals surface area (Å²) in [6.07, 6.45) is -2.29. The van der Waals surface area contributed by atoms with E-state index in [1.54, 1.807) is 4.90 Å². The van der Waals surface area contributed by atoms with Crippen LogP contribution in [0.4, 0.5) is 17.1 Å². The first kappa shape index (κ1) is 25.4. The summed E-state index contributed by atoms with van der Waals surface area (Å²) in [4.78, 5) is 15.2. The quantitative estimate of drug-likeness (QED) is 0.113. The maximum absolute atomic E-state index is 11.3. The predicted molar refractivity (Wildman–Crippen MR) is 125 cm³/mol. The lowest BCUT2D eigenvalue weighted by Crippen LogP contribution is -2.62. The van der Waals surface area contributed by atoms with E-state index in [0.717, 1.165) is 11.1 Å². The second-order valence-corrected chi connectivity index (χ2v) is 8.18. The van der Waals surface area contributed by atoms with Crippen LogP contribution >= 0.6 is 0 Å². The molecule has 2 aromatic carbocycles. The van der Waals surface area contributed by atoms with Crippen LogP contribution < -0.4 is 5.32 Å². The number of hydrogen-bond donors (Lipinski definition) is 5. The number of benzene rings is 2. The van der Waals surface area contributed by atoms with Crippen LogP contribution in [0.2, 0.25) is 0 Å². The van der Waals surface area contributed by atoms with E-state index < -0.39 is 29.3 Å². The third-order valence-electron chi connectivity index (χ3n) is 5.99. The van der Waals surface area contributed by atoms with Crippen LogP contribution in [0.1, 0.15) is 11.1 Å². The van der Waals surface area contributed by atoms with E-state index in [9.17, 15) is 30.5 Å². The number of aliphatic hydroxyl groups is 4. The minimum atomic E-state index is -1.27. The molecule has 2 aromatic rings. The summed E-state index contributed by atoms with van der Waals surface area (Å²) in [7, 11) is 0. The van der Waals surface area contributed by atoms with Gasteiger partial charge in [0.1, 0.15) is 17.9 Å². The molecule has 12 heteroatoms. The lowest BCUT2D eigenvalue weighted by Gasteiger charge is -2.43. The third-order valence-corrected chi connectivity index (χ3v) is 5.99. The molecule has 4 atom stereocenters. The molecule has 0 saturated carbocycles. The largest absolute Gasteiger partial charge is 0.395 e. The Morgan fingerprint density at radius 2 is 1.79 bits per heavy atom. The monoisotopic (exact) mass is 472 g/mol. The van der Waals surface area contributed by atoms with Gasteiger partial charge in [0.05, 0.1) is 23.7 Å². The Morgan fingerprint density at radius 3 is 2.41 bits per heavy atom. The maximum Gasteiger partial charge on any atom is 0.292 e. The van der Waals surface area contributed by atoms with Crippen molar-refractivity contribution in [1.29, 1.82) is 0 Å². The second kappa shape index (κ2) is 11.7. The summed E-state index contributed by atoms with van der Waals surface area (Å²) in [5.74, 6) is 0. The van der Waals surface area contributed by atoms with Crippen LogP contribution in [-0.2, 0) is 12.8 Å². The zero-order valence-corrected chi connectivity index (χ0v) is 18.4. The van der Waals surface area contributed by atoms with Crippen LogP contribution in [0.15, 0.2) is 47.6 Å². The van der Waals surface area contributed by atoms with Crippen LogP contribution in [0, 0.1) is 10.1 Å². The van der Waals surface area contributed by atoms with E-state index in [2.05, 4.69) is 15.3 Å². The van der Waals surface area contributed by atoms with Gasteiger partial charge in [-0.15, -0.1) is 0 Å². The lowest BCUT2D eigenvalue weighted by molar-refractivity contribution is -0.383. The Bertz CT molecular complexity index is 1030. The van der Waals surface area contributed by atoms with E-state index in [1.165, 1.54) is 18.2 Å². The molecule has 0 amide bonds. The van der Waals surface area contributed by atoms with Crippen molar-refractivity contribution >= 4 is 17.1 Å². The summed E-state index contributed by atoms with van der Waals surface area (Å²) < 4.78 is 0. The van der Waals surface area contributed by atoms with E-state index in [1.807, 2.05) is 24.3 Å². The summed E-state index contributed by atoms with van der Waals surface area (Å²) in [6, 6.07) is 11.5. The maximum atomic E-state index is 11.3. The highest BCUT2D eigenvalue weighted by Gasteiger charge is 2.40. The van der Waals surface area contributed by atoms with Gasteiger partial charge in [0.2, 0.25) is 0 Å². The molecule has 34 heavy (non-hydrogen) atoms. The van der Waals surface area contributed by atoms with Gasteiger partial charge >= 0.3 is 0 Å². The van der Waals surface area contributed by atoms with Crippen molar-refractivity contribution in [2.75, 3.05) is 31.6 Å². The number of azide groups is 1. The average molecular weight is 473 g/mol. The van der Waals surface area contributed by atoms with Gasteiger partial charge in [0, 0.05) is 36.3 Å². The normalized spacial score (nSPS) is 22.7. The number of nitrogens with one attached hydrogen (secondary N) is 1. The molecule has 0 aromatic heterocycles. The molecule has 0 spiro atoms. The van der Waals surface area contributed by atoms with Crippen molar-refractivity contribution in [2.45, 2.75) is 37.2 Å². The number of hydrogen-bond acceptors (Lipinski definition) is 9. The summed E-state index contributed by atoms with van der Waals surface area (Å²) >= 11 is 0. The van der Waals surface area contributed by atoms with Gasteiger partial charge in [-0.25, -0.2) is 0 Å². The molecule has 1 aliphatic heterocycles. The number of nitro benzene ring substituents is 1. The molecule has 0 radical (unpaired) electrons. The Labute approximate surface area is 195 Å². The Hall–Kier alpha value is -3.25. The number of likely N-dealkylation sites (tertiary alicyclic amines) is 1. The van der Waals surface area contributed by atoms with Crippen molar-refractivity contribution in [2.24, 2.45) is 5.11 Å². The van der Waals surface area contributed by atoms with Gasteiger partial charge < -0.3 is 25.7 Å². The highest BCUT2D eigenvalue weighted by Crippen LogP contribution is 2.29. The fraction of sp³-hybridized carbons (Fsp3) is 0.455. The van der Waals surface area contributed by atoms with E-state index >= 15 is 0 Å². The minimum absolute atomic E-state index is 0.165. The van der Waals surface area contributed by atoms with E-state index in [4.69, 9.17) is 5.53 Å². The average Bonchev–Trinajstić information content (AvgIpc) is 2.83. The third kappa shape index (κ3) is 6.20. The Balaban J connectivity index is 1.53. The fourth-order valence-corrected chi connectivity index (χ4v) is 4.06. The molecule has 0 aliphatic carbocycles. The molecule has 1 saturated heterocycles. The molecule has 1 fully saturated rings. The number of nitrogens with zero attached hydrogens (tertiary/aromatic N) is 5. The van der Waals surface area contributed by atoms with Gasteiger partial charge in [0.25, 0.3) is 5.69 Å². The fourth-order valence-electron chi connectivity index (χ4n) is 4.06. The van der Waals surface area contributed by atoms with Crippen LogP contribution in [0.25, 0.3) is 10.4 Å². The number of rotatable bonds is 10. The topological polar surface area (TPSA) is 188 Å². The molecular weight excluding hydrogens is 444 g/mol. The van der Waals surface area contributed by atoms with Gasteiger partial charge in [-0.2, -0.15) is 0 Å². The van der Waals surface area contributed by atoms with Crippen LogP contribution in [-0.4, -0.2) is 80.8 Å². The molecule has 3 rings (SSSR count). The molecule has 1 aliphatic rings. The lowest BCUT2D eigenvalue weighted by atomic mass is 9.93. The highest BCUT2D eigenvalue weighted by molar-refractivity contribution is 5.66. The molecule has 5 N–H and O–H groups in total. The zero-order valence-electron chi connectivity index (χ0n) is 18.4. The number of anilines is 1. The molecule has 12 nitrogen and oxygen atoms in total. The van der Waals surface area contributed by atoms with Crippen molar-refractivity contribution in [1.82, 2.24) is 4.90 Å². The predicted octanol–water partition coefficient (Wildman–Crippen LogP) is 1.49. The van der Waals surface area contributed by atoms with Gasteiger partial charge in [0.15, 0.2) is 0 Å². The van der Waals surface area contributed by atoms with Gasteiger partial charge in [-0.05, 0) is 35.6 Å². The molecule has 1 heterocycles. The van der Waals surface area contributed by atoms with Gasteiger partial charge in [-0.1, -0.05) is 35.4 Å². The van der Waals surface area contributed by atoms with Crippen LogP contribution in [0.5, 0.6) is 0 Å². The van der Waals surface area contributed by atoms with Crippen molar-refractivity contribution in [3.8, 4) is 0 Å². The first-order valence-electron chi connectivity index (χ1n) is 10.9. The summed E-state index contributed by atoms with van der Waals surface area (Å²) in [5, 5.41) is 57.1. The highest BCUT2D eigenvalue weighted by atomic mass is 16.6. The standard InChI is InChI=1S/C22H28N6O6/c23-26-25-16-5-6-17(18(11-16)28(33)34)24-9-7-14-1-3-15(4-2-14)8-10-27-12-20(30)22(32)21(31)19(27)13-29/h1-6,11,19-22,24,29-32H,7-10,12-13H2/t19-,20+,21-,22-/m1/s1. The second-order valence-electron chi connectivity index (χ2n) is 8.18. The van der Waals surface area contributed by atoms with Crippen LogP contribution in [0.3, 0.4) is 0 Å². The van der Waals surface area contributed by atoms with E-state index in [0.29, 0.717) is 31.6 Å². The summed E-state index contributed by atoms with van der Waals surface area (Å²) in [6.45, 7) is 0.820. The summed E-state index contributed by atoms with van der Waals surface area (Å²) in [5.41, 5.74) is 10.9. The minimum Gasteiger partial charge on any atom is -0.395 e. The first-order valence-corrected chi connectivity index (χ1v) is 10.9. The van der Waals surface area contributed by atoms with E-state index in [-0.39, 0.29) is 24.5 Å².